The first-order valence-corrected chi connectivity index (χ1v) is 9.57. The molecule has 1 aliphatic rings. The Morgan fingerprint density at radius 1 is 1.04 bits per heavy atom. The van der Waals surface area contributed by atoms with Gasteiger partial charge in [-0.3, -0.25) is 14.6 Å². The van der Waals surface area contributed by atoms with Crippen LogP contribution >= 0.6 is 0 Å². The van der Waals surface area contributed by atoms with Gasteiger partial charge in [-0.25, -0.2) is 0 Å². The quantitative estimate of drug-likeness (QED) is 0.852. The van der Waals surface area contributed by atoms with Crippen molar-refractivity contribution in [3.05, 3.63) is 59.7 Å². The van der Waals surface area contributed by atoms with Gasteiger partial charge in [0, 0.05) is 31.4 Å². The molecule has 0 saturated carbocycles. The van der Waals surface area contributed by atoms with Crippen LogP contribution in [0.1, 0.15) is 17.5 Å². The average Bonchev–Trinajstić information content (AvgIpc) is 2.89. The number of amides is 1. The maximum absolute atomic E-state index is 12.4. The van der Waals surface area contributed by atoms with Crippen molar-refractivity contribution >= 4 is 11.6 Å². The van der Waals surface area contributed by atoms with Crippen molar-refractivity contribution in [2.24, 2.45) is 0 Å². The van der Waals surface area contributed by atoms with Crippen molar-refractivity contribution in [1.29, 1.82) is 0 Å². The van der Waals surface area contributed by atoms with Crippen molar-refractivity contribution in [3.63, 3.8) is 0 Å². The van der Waals surface area contributed by atoms with Crippen LogP contribution in [0.15, 0.2) is 48.5 Å². The number of carbonyl (C=O) groups is 1. The molecule has 0 aromatic heterocycles. The Labute approximate surface area is 161 Å². The van der Waals surface area contributed by atoms with E-state index in [-0.39, 0.29) is 5.91 Å². The number of aryl methyl sites for hydroxylation is 1. The molecule has 1 saturated heterocycles. The number of carbonyl (C=O) groups excluding carboxylic acids is 1. The summed E-state index contributed by atoms with van der Waals surface area (Å²) >= 11 is 0. The predicted octanol–water partition coefficient (Wildman–Crippen LogP) is 3.15. The fourth-order valence-electron chi connectivity index (χ4n) is 3.47. The molecule has 0 radical (unpaired) electrons. The minimum absolute atomic E-state index is 0.0237. The third-order valence-corrected chi connectivity index (χ3v) is 5.06. The summed E-state index contributed by atoms with van der Waals surface area (Å²) in [5.74, 6) is 0.769. The van der Waals surface area contributed by atoms with E-state index in [1.807, 2.05) is 24.3 Å². The summed E-state index contributed by atoms with van der Waals surface area (Å²) in [6, 6.07) is 16.0. The molecule has 1 N–H and O–H groups in total. The number of nitrogens with one attached hydrogen (secondary N) is 1. The van der Waals surface area contributed by atoms with Gasteiger partial charge in [0.05, 0.1) is 13.7 Å². The maximum Gasteiger partial charge on any atom is 0.238 e. The third-order valence-electron chi connectivity index (χ3n) is 5.06. The zero-order valence-electron chi connectivity index (χ0n) is 16.3. The van der Waals surface area contributed by atoms with E-state index in [0.29, 0.717) is 6.54 Å². The zero-order chi connectivity index (χ0) is 19.1. The highest BCUT2D eigenvalue weighted by Gasteiger charge is 2.17. The Hall–Kier alpha value is -2.37. The highest BCUT2D eigenvalue weighted by Crippen LogP contribution is 2.17. The van der Waals surface area contributed by atoms with Crippen LogP contribution in [0.5, 0.6) is 5.75 Å². The summed E-state index contributed by atoms with van der Waals surface area (Å²) in [6.07, 6.45) is 1.08. The number of methoxy groups -OCH3 is 1. The molecular formula is C22H29N3O2. The summed E-state index contributed by atoms with van der Waals surface area (Å²) in [4.78, 5) is 17.1. The van der Waals surface area contributed by atoms with Crippen LogP contribution in [0.3, 0.4) is 0 Å². The van der Waals surface area contributed by atoms with E-state index in [0.717, 1.165) is 50.6 Å². The molecule has 27 heavy (non-hydrogen) atoms. The van der Waals surface area contributed by atoms with Gasteiger partial charge in [-0.05, 0) is 49.7 Å². The molecule has 1 aliphatic heterocycles. The van der Waals surface area contributed by atoms with E-state index in [1.54, 1.807) is 7.11 Å². The van der Waals surface area contributed by atoms with Crippen molar-refractivity contribution in [3.8, 4) is 5.75 Å². The van der Waals surface area contributed by atoms with Crippen molar-refractivity contribution in [2.45, 2.75) is 19.9 Å². The van der Waals surface area contributed by atoms with Gasteiger partial charge in [0.15, 0.2) is 0 Å². The monoisotopic (exact) mass is 367 g/mol. The van der Waals surface area contributed by atoms with Crippen LogP contribution in [0.25, 0.3) is 0 Å². The maximum atomic E-state index is 12.4. The van der Waals surface area contributed by atoms with Crippen LogP contribution in [0.4, 0.5) is 5.69 Å². The molecular weight excluding hydrogens is 338 g/mol. The summed E-state index contributed by atoms with van der Waals surface area (Å²) in [5.41, 5.74) is 3.51. The number of anilines is 1. The molecule has 0 spiro atoms. The lowest BCUT2D eigenvalue weighted by molar-refractivity contribution is -0.117. The lowest BCUT2D eigenvalue weighted by Crippen LogP contribution is -2.36. The molecule has 1 fully saturated rings. The van der Waals surface area contributed by atoms with E-state index in [4.69, 9.17) is 4.74 Å². The van der Waals surface area contributed by atoms with Crippen molar-refractivity contribution in [2.75, 3.05) is 45.2 Å². The summed E-state index contributed by atoms with van der Waals surface area (Å²) in [6.45, 7) is 7.50. The third kappa shape index (κ3) is 5.81. The molecule has 2 aromatic rings. The van der Waals surface area contributed by atoms with Gasteiger partial charge in [-0.15, -0.1) is 0 Å². The fourth-order valence-corrected chi connectivity index (χ4v) is 3.47. The van der Waals surface area contributed by atoms with Gasteiger partial charge < -0.3 is 10.1 Å². The van der Waals surface area contributed by atoms with Crippen LogP contribution in [0.2, 0.25) is 0 Å². The molecule has 1 heterocycles. The van der Waals surface area contributed by atoms with E-state index < -0.39 is 0 Å². The van der Waals surface area contributed by atoms with Gasteiger partial charge in [-0.2, -0.15) is 0 Å². The number of ether oxygens (including phenoxy) is 1. The number of hydrogen-bond acceptors (Lipinski definition) is 4. The second-order valence-electron chi connectivity index (χ2n) is 7.11. The molecule has 5 heteroatoms. The van der Waals surface area contributed by atoms with Gasteiger partial charge in [0.25, 0.3) is 0 Å². The van der Waals surface area contributed by atoms with Gasteiger partial charge in [0.1, 0.15) is 5.75 Å². The van der Waals surface area contributed by atoms with E-state index in [1.165, 1.54) is 11.1 Å². The Balaban J connectivity index is 1.49. The highest BCUT2D eigenvalue weighted by molar-refractivity contribution is 5.92. The number of benzene rings is 2. The first-order chi connectivity index (χ1) is 13.1. The Morgan fingerprint density at radius 3 is 2.63 bits per heavy atom. The number of rotatable bonds is 6. The lowest BCUT2D eigenvalue weighted by Gasteiger charge is -2.22. The Bertz CT molecular complexity index is 763. The van der Waals surface area contributed by atoms with E-state index in [2.05, 4.69) is 46.3 Å². The second-order valence-corrected chi connectivity index (χ2v) is 7.11. The highest BCUT2D eigenvalue weighted by atomic mass is 16.5. The second kappa shape index (κ2) is 9.53. The molecule has 0 atom stereocenters. The molecule has 5 nitrogen and oxygen atoms in total. The topological polar surface area (TPSA) is 44.8 Å². The van der Waals surface area contributed by atoms with Gasteiger partial charge >= 0.3 is 0 Å². The minimum Gasteiger partial charge on any atom is -0.497 e. The summed E-state index contributed by atoms with van der Waals surface area (Å²) in [5, 5.41) is 2.97. The largest absolute Gasteiger partial charge is 0.497 e. The Morgan fingerprint density at radius 2 is 1.81 bits per heavy atom. The molecule has 144 valence electrons. The Kier molecular flexibility index (Phi) is 6.85. The van der Waals surface area contributed by atoms with Crippen LogP contribution in [-0.2, 0) is 11.3 Å². The molecule has 0 unspecified atom stereocenters. The minimum atomic E-state index is 0.0237. The average molecular weight is 367 g/mol. The molecule has 0 bridgehead atoms. The molecule has 0 aliphatic carbocycles. The molecule has 3 rings (SSSR count). The zero-order valence-corrected chi connectivity index (χ0v) is 16.3. The SMILES string of the molecule is COc1cccc(NC(=O)CN2CCCN(Cc3ccccc3C)CC2)c1. The first-order valence-electron chi connectivity index (χ1n) is 9.57. The van der Waals surface area contributed by atoms with Crippen LogP contribution < -0.4 is 10.1 Å². The summed E-state index contributed by atoms with van der Waals surface area (Å²) in [7, 11) is 1.63. The fraction of sp³-hybridized carbons (Fsp3) is 0.409. The standard InChI is InChI=1S/C22H29N3O2/c1-18-7-3-4-8-19(18)16-24-11-6-12-25(14-13-24)17-22(26)23-20-9-5-10-21(15-20)27-2/h3-5,7-10,15H,6,11-14,16-17H2,1-2H3,(H,23,26). The summed E-state index contributed by atoms with van der Waals surface area (Å²) < 4.78 is 5.20. The molecule has 2 aromatic carbocycles. The number of nitrogens with zero attached hydrogens (tertiary/aromatic N) is 2. The predicted molar refractivity (Wildman–Crippen MR) is 109 cm³/mol. The van der Waals surface area contributed by atoms with Gasteiger partial charge in [-0.1, -0.05) is 30.3 Å². The van der Waals surface area contributed by atoms with Crippen LogP contribution in [0, 0.1) is 6.92 Å². The number of hydrogen-bond donors (Lipinski definition) is 1. The normalized spacial score (nSPS) is 15.9. The van der Waals surface area contributed by atoms with Crippen molar-refractivity contribution < 1.29 is 9.53 Å². The van der Waals surface area contributed by atoms with Crippen LogP contribution in [-0.4, -0.2) is 55.5 Å². The molecule has 1 amide bonds. The van der Waals surface area contributed by atoms with E-state index >= 15 is 0 Å². The lowest BCUT2D eigenvalue weighted by atomic mass is 10.1. The van der Waals surface area contributed by atoms with E-state index in [9.17, 15) is 4.79 Å². The first kappa shape index (κ1) is 19.4. The van der Waals surface area contributed by atoms with Gasteiger partial charge in [0.2, 0.25) is 5.91 Å². The van der Waals surface area contributed by atoms with Crippen molar-refractivity contribution in [1.82, 2.24) is 9.80 Å². The smallest absolute Gasteiger partial charge is 0.238 e.